The van der Waals surface area contributed by atoms with Gasteiger partial charge in [0, 0.05) is 6.54 Å². The summed E-state index contributed by atoms with van der Waals surface area (Å²) in [5.41, 5.74) is 2.45. The molecule has 0 aliphatic carbocycles. The highest BCUT2D eigenvalue weighted by Gasteiger charge is 2.20. The monoisotopic (exact) mass is 421 g/mol. The zero-order chi connectivity index (χ0) is 21.7. The molecule has 1 heterocycles. The van der Waals surface area contributed by atoms with Gasteiger partial charge in [-0.25, -0.2) is 4.98 Å². The van der Waals surface area contributed by atoms with Crippen LogP contribution < -0.4 is 10.9 Å². The van der Waals surface area contributed by atoms with E-state index in [1.165, 1.54) is 17.3 Å². The summed E-state index contributed by atoms with van der Waals surface area (Å²) in [6.07, 6.45) is 2.69. The quantitative estimate of drug-likeness (QED) is 0.326. The summed E-state index contributed by atoms with van der Waals surface area (Å²) >= 11 is 1.27. The van der Waals surface area contributed by atoms with Gasteiger partial charge in [0.05, 0.1) is 21.8 Å². The summed E-state index contributed by atoms with van der Waals surface area (Å²) in [7, 11) is 0. The molecule has 6 heteroatoms. The number of hydrogen-bond acceptors (Lipinski definition) is 4. The van der Waals surface area contributed by atoms with Crippen LogP contribution >= 0.6 is 11.8 Å². The molecular weight excluding hydrogens is 394 g/mol. The molecule has 1 aromatic heterocycles. The molecule has 0 spiro atoms. The van der Waals surface area contributed by atoms with E-state index in [-0.39, 0.29) is 11.5 Å². The SMILES string of the molecule is C=CCNC(=O)C(C)Sc1nc2ccccc2c(=O)n1-c1ccc(C(C)CC)cc1. The Morgan fingerprint density at radius 2 is 1.90 bits per heavy atom. The Labute approximate surface area is 181 Å². The highest BCUT2D eigenvalue weighted by molar-refractivity contribution is 8.00. The van der Waals surface area contributed by atoms with Crippen molar-refractivity contribution in [3.63, 3.8) is 0 Å². The van der Waals surface area contributed by atoms with Gasteiger partial charge >= 0.3 is 0 Å². The van der Waals surface area contributed by atoms with Gasteiger partial charge in [-0.15, -0.1) is 6.58 Å². The van der Waals surface area contributed by atoms with Crippen molar-refractivity contribution in [3.05, 3.63) is 77.1 Å². The molecule has 2 atom stereocenters. The number of benzene rings is 2. The van der Waals surface area contributed by atoms with Crippen LogP contribution in [0.2, 0.25) is 0 Å². The molecule has 1 N–H and O–H groups in total. The van der Waals surface area contributed by atoms with E-state index >= 15 is 0 Å². The smallest absolute Gasteiger partial charge is 0.266 e. The van der Waals surface area contributed by atoms with E-state index < -0.39 is 5.25 Å². The third-order valence-electron chi connectivity index (χ3n) is 5.15. The lowest BCUT2D eigenvalue weighted by molar-refractivity contribution is -0.120. The number of fused-ring (bicyclic) bond motifs is 1. The highest BCUT2D eigenvalue weighted by atomic mass is 32.2. The predicted molar refractivity (Wildman–Crippen MR) is 125 cm³/mol. The predicted octanol–water partition coefficient (Wildman–Crippen LogP) is 4.68. The average molecular weight is 422 g/mol. The summed E-state index contributed by atoms with van der Waals surface area (Å²) in [4.78, 5) is 30.4. The first-order chi connectivity index (χ1) is 14.5. The van der Waals surface area contributed by atoms with Crippen molar-refractivity contribution in [1.82, 2.24) is 14.9 Å². The molecule has 3 aromatic rings. The van der Waals surface area contributed by atoms with E-state index in [9.17, 15) is 9.59 Å². The Hall–Kier alpha value is -2.86. The van der Waals surface area contributed by atoms with E-state index in [4.69, 9.17) is 4.98 Å². The van der Waals surface area contributed by atoms with Crippen molar-refractivity contribution in [2.45, 2.75) is 43.5 Å². The van der Waals surface area contributed by atoms with Crippen molar-refractivity contribution < 1.29 is 4.79 Å². The van der Waals surface area contributed by atoms with Gasteiger partial charge in [0.1, 0.15) is 0 Å². The van der Waals surface area contributed by atoms with Crippen LogP contribution in [0.1, 0.15) is 38.7 Å². The Morgan fingerprint density at radius 3 is 2.57 bits per heavy atom. The summed E-state index contributed by atoms with van der Waals surface area (Å²) < 4.78 is 1.60. The number of rotatable bonds is 8. The zero-order valence-electron chi connectivity index (χ0n) is 17.6. The molecule has 156 valence electrons. The van der Waals surface area contributed by atoms with Gasteiger partial charge in [0.15, 0.2) is 5.16 Å². The summed E-state index contributed by atoms with van der Waals surface area (Å²) in [6, 6.07) is 15.3. The molecule has 0 bridgehead atoms. The minimum atomic E-state index is -0.413. The lowest BCUT2D eigenvalue weighted by Crippen LogP contribution is -2.32. The molecule has 0 aliphatic rings. The second-order valence-electron chi connectivity index (χ2n) is 7.25. The molecule has 0 radical (unpaired) electrons. The highest BCUT2D eigenvalue weighted by Crippen LogP contribution is 2.26. The Balaban J connectivity index is 2.08. The van der Waals surface area contributed by atoms with E-state index in [2.05, 4.69) is 37.9 Å². The van der Waals surface area contributed by atoms with Gasteiger partial charge in [0.25, 0.3) is 5.56 Å². The van der Waals surface area contributed by atoms with Crippen molar-refractivity contribution in [2.75, 3.05) is 6.54 Å². The first-order valence-corrected chi connectivity index (χ1v) is 11.0. The second kappa shape index (κ2) is 9.76. The lowest BCUT2D eigenvalue weighted by atomic mass is 9.98. The van der Waals surface area contributed by atoms with Gasteiger partial charge in [-0.05, 0) is 49.1 Å². The minimum Gasteiger partial charge on any atom is -0.352 e. The van der Waals surface area contributed by atoms with E-state index in [1.54, 1.807) is 23.6 Å². The molecule has 30 heavy (non-hydrogen) atoms. The fourth-order valence-electron chi connectivity index (χ4n) is 3.13. The van der Waals surface area contributed by atoms with Gasteiger partial charge in [-0.2, -0.15) is 0 Å². The lowest BCUT2D eigenvalue weighted by Gasteiger charge is -2.17. The van der Waals surface area contributed by atoms with E-state index in [1.807, 2.05) is 30.3 Å². The molecule has 5 nitrogen and oxygen atoms in total. The Bertz CT molecular complexity index is 1110. The molecule has 0 saturated carbocycles. The van der Waals surface area contributed by atoms with Gasteiger partial charge in [0.2, 0.25) is 5.91 Å². The van der Waals surface area contributed by atoms with Crippen molar-refractivity contribution in [3.8, 4) is 5.69 Å². The molecule has 0 saturated heterocycles. The van der Waals surface area contributed by atoms with Crippen LogP contribution in [0, 0.1) is 0 Å². The number of amides is 1. The van der Waals surface area contributed by atoms with Crippen molar-refractivity contribution >= 4 is 28.6 Å². The van der Waals surface area contributed by atoms with E-state index in [0.29, 0.717) is 28.5 Å². The standard InChI is InChI=1S/C24H27N3O2S/c1-5-15-25-22(28)17(4)30-24-26-21-10-8-7-9-20(21)23(29)27(24)19-13-11-18(12-14-19)16(3)6-2/h5,7-14,16-17H,1,6,15H2,2-4H3,(H,25,28). The molecule has 2 unspecified atom stereocenters. The van der Waals surface area contributed by atoms with Crippen molar-refractivity contribution in [1.29, 1.82) is 0 Å². The van der Waals surface area contributed by atoms with Crippen LogP contribution in [-0.4, -0.2) is 27.3 Å². The first-order valence-electron chi connectivity index (χ1n) is 10.1. The fraction of sp³-hybridized carbons (Fsp3) is 0.292. The van der Waals surface area contributed by atoms with Gasteiger partial charge in [-0.1, -0.05) is 56.0 Å². The number of thioether (sulfide) groups is 1. The maximum Gasteiger partial charge on any atom is 0.266 e. The third-order valence-corrected chi connectivity index (χ3v) is 6.20. The normalized spacial score (nSPS) is 13.0. The summed E-state index contributed by atoms with van der Waals surface area (Å²) in [5, 5.41) is 3.43. The molecule has 2 aromatic carbocycles. The van der Waals surface area contributed by atoms with Crippen LogP contribution in [0.15, 0.2) is 71.1 Å². The Morgan fingerprint density at radius 1 is 1.20 bits per heavy atom. The maximum atomic E-state index is 13.3. The fourth-order valence-corrected chi connectivity index (χ4v) is 4.09. The average Bonchev–Trinajstić information content (AvgIpc) is 2.77. The van der Waals surface area contributed by atoms with Crippen LogP contribution in [0.25, 0.3) is 16.6 Å². The molecule has 0 aliphatic heterocycles. The first kappa shape index (κ1) is 21.8. The third kappa shape index (κ3) is 4.65. The number of carbonyl (C=O) groups excluding carboxylic acids is 1. The van der Waals surface area contributed by atoms with E-state index in [0.717, 1.165) is 12.1 Å². The van der Waals surface area contributed by atoms with Crippen LogP contribution in [-0.2, 0) is 4.79 Å². The van der Waals surface area contributed by atoms with Gasteiger partial charge < -0.3 is 5.32 Å². The number of nitrogens with zero attached hydrogens (tertiary/aromatic N) is 2. The van der Waals surface area contributed by atoms with Crippen LogP contribution in [0.3, 0.4) is 0 Å². The topological polar surface area (TPSA) is 64.0 Å². The number of hydrogen-bond donors (Lipinski definition) is 1. The van der Waals surface area contributed by atoms with Crippen LogP contribution in [0.4, 0.5) is 0 Å². The van der Waals surface area contributed by atoms with Gasteiger partial charge in [-0.3, -0.25) is 14.2 Å². The number of nitrogens with one attached hydrogen (secondary N) is 1. The second-order valence-corrected chi connectivity index (χ2v) is 8.55. The number of para-hydroxylation sites is 1. The number of carbonyl (C=O) groups is 1. The summed E-state index contributed by atoms with van der Waals surface area (Å²) in [5.74, 6) is 0.328. The van der Waals surface area contributed by atoms with Crippen molar-refractivity contribution in [2.24, 2.45) is 0 Å². The molecule has 3 rings (SSSR count). The van der Waals surface area contributed by atoms with Crippen LogP contribution in [0.5, 0.6) is 0 Å². The number of aromatic nitrogens is 2. The Kier molecular flexibility index (Phi) is 7.11. The molecular formula is C24H27N3O2S. The minimum absolute atomic E-state index is 0.124. The zero-order valence-corrected chi connectivity index (χ0v) is 18.4. The largest absolute Gasteiger partial charge is 0.352 e. The molecule has 0 fully saturated rings. The molecule has 1 amide bonds. The maximum absolute atomic E-state index is 13.3. The summed E-state index contributed by atoms with van der Waals surface area (Å²) in [6.45, 7) is 10.2.